The number of ether oxygens (including phenoxy) is 2. The molecule has 30 heavy (non-hydrogen) atoms. The molecule has 2 aromatic rings. The normalized spacial score (nSPS) is 11.1. The van der Waals surface area contributed by atoms with Gasteiger partial charge in [0.05, 0.1) is 12.7 Å². The van der Waals surface area contributed by atoms with Crippen LogP contribution in [-0.2, 0) is 19.1 Å². The van der Waals surface area contributed by atoms with E-state index in [1.807, 2.05) is 0 Å². The fraction of sp³-hybridized carbons (Fsp3) is 0.238. The monoisotopic (exact) mass is 413 g/mol. The third-order valence-electron chi connectivity index (χ3n) is 3.82. The molecule has 0 aliphatic carbocycles. The first-order valence-corrected chi connectivity index (χ1v) is 9.04. The minimum absolute atomic E-state index is 0.0640. The van der Waals surface area contributed by atoms with Crippen LogP contribution in [0.25, 0.3) is 0 Å². The van der Waals surface area contributed by atoms with Crippen LogP contribution in [0.2, 0.25) is 0 Å². The van der Waals surface area contributed by atoms with Gasteiger partial charge >= 0.3 is 5.97 Å². The standard InChI is InChI=1S/C21H23N3O6/c1-12(20(27)24-16-5-7-19(29-4)8-6-16)30-21(28)15-9-17(22-13(2)25)11-18(10-15)23-14(3)26/h5-12H,1-4H3,(H,22,25)(H,23,26)(H,24,27). The number of rotatable bonds is 7. The molecule has 0 bridgehead atoms. The highest BCUT2D eigenvalue weighted by Gasteiger charge is 2.20. The molecule has 0 radical (unpaired) electrons. The smallest absolute Gasteiger partial charge is 0.339 e. The predicted molar refractivity (Wildman–Crippen MR) is 112 cm³/mol. The van der Waals surface area contributed by atoms with E-state index in [0.717, 1.165) is 0 Å². The highest BCUT2D eigenvalue weighted by atomic mass is 16.5. The molecule has 3 N–H and O–H groups in total. The summed E-state index contributed by atoms with van der Waals surface area (Å²) >= 11 is 0. The highest BCUT2D eigenvalue weighted by Crippen LogP contribution is 2.21. The summed E-state index contributed by atoms with van der Waals surface area (Å²) < 4.78 is 10.3. The van der Waals surface area contributed by atoms with Gasteiger partial charge in [0, 0.05) is 30.9 Å². The number of methoxy groups -OCH3 is 1. The zero-order valence-electron chi connectivity index (χ0n) is 17.1. The third kappa shape index (κ3) is 6.62. The largest absolute Gasteiger partial charge is 0.497 e. The number of carbonyl (C=O) groups is 4. The first-order chi connectivity index (χ1) is 14.2. The van der Waals surface area contributed by atoms with Crippen molar-refractivity contribution in [3.8, 4) is 5.75 Å². The maximum Gasteiger partial charge on any atom is 0.339 e. The molecule has 0 aliphatic heterocycles. The van der Waals surface area contributed by atoms with Crippen molar-refractivity contribution in [2.45, 2.75) is 26.9 Å². The van der Waals surface area contributed by atoms with E-state index < -0.39 is 18.0 Å². The zero-order valence-corrected chi connectivity index (χ0v) is 17.1. The number of benzene rings is 2. The maximum absolute atomic E-state index is 12.5. The van der Waals surface area contributed by atoms with Crippen molar-refractivity contribution in [2.24, 2.45) is 0 Å². The molecule has 0 aromatic heterocycles. The molecule has 0 fully saturated rings. The maximum atomic E-state index is 12.5. The van der Waals surface area contributed by atoms with E-state index in [4.69, 9.17) is 9.47 Å². The Morgan fingerprint density at radius 3 is 1.80 bits per heavy atom. The van der Waals surface area contributed by atoms with Crippen LogP contribution >= 0.6 is 0 Å². The van der Waals surface area contributed by atoms with Crippen molar-refractivity contribution >= 4 is 40.8 Å². The Balaban J connectivity index is 2.11. The Hall–Kier alpha value is -3.88. The van der Waals surface area contributed by atoms with Crippen LogP contribution in [0.3, 0.4) is 0 Å². The van der Waals surface area contributed by atoms with Crippen LogP contribution in [0.5, 0.6) is 5.75 Å². The van der Waals surface area contributed by atoms with Gasteiger partial charge in [-0.3, -0.25) is 14.4 Å². The second-order valence-corrected chi connectivity index (χ2v) is 6.43. The van der Waals surface area contributed by atoms with Crippen molar-refractivity contribution < 1.29 is 28.7 Å². The Bertz CT molecular complexity index is 921. The van der Waals surface area contributed by atoms with Gasteiger partial charge in [0.1, 0.15) is 5.75 Å². The Morgan fingerprint density at radius 1 is 0.800 bits per heavy atom. The molecule has 158 valence electrons. The van der Waals surface area contributed by atoms with Crippen LogP contribution in [-0.4, -0.2) is 36.9 Å². The number of esters is 1. The van der Waals surface area contributed by atoms with Crippen molar-refractivity contribution in [3.63, 3.8) is 0 Å². The molecule has 0 saturated heterocycles. The van der Waals surface area contributed by atoms with Crippen LogP contribution in [0.15, 0.2) is 42.5 Å². The van der Waals surface area contributed by atoms with Gasteiger partial charge in [-0.2, -0.15) is 0 Å². The molecule has 1 unspecified atom stereocenters. The SMILES string of the molecule is COc1ccc(NC(=O)C(C)OC(=O)c2cc(NC(C)=O)cc(NC(C)=O)c2)cc1. The Morgan fingerprint density at radius 2 is 1.33 bits per heavy atom. The summed E-state index contributed by atoms with van der Waals surface area (Å²) in [7, 11) is 1.54. The fourth-order valence-corrected chi connectivity index (χ4v) is 2.50. The van der Waals surface area contributed by atoms with Crippen LogP contribution in [0, 0.1) is 0 Å². The molecule has 0 aliphatic rings. The first-order valence-electron chi connectivity index (χ1n) is 9.04. The van der Waals surface area contributed by atoms with Gasteiger partial charge < -0.3 is 25.4 Å². The van der Waals surface area contributed by atoms with Gasteiger partial charge in [0.25, 0.3) is 5.91 Å². The van der Waals surface area contributed by atoms with Gasteiger partial charge in [0.15, 0.2) is 6.10 Å². The van der Waals surface area contributed by atoms with E-state index in [0.29, 0.717) is 22.8 Å². The quantitative estimate of drug-likeness (QED) is 0.600. The summed E-state index contributed by atoms with van der Waals surface area (Å²) in [5.41, 5.74) is 1.19. The molecule has 2 rings (SSSR count). The summed E-state index contributed by atoms with van der Waals surface area (Å²) in [5, 5.41) is 7.73. The van der Waals surface area contributed by atoms with Gasteiger partial charge in [-0.25, -0.2) is 4.79 Å². The van der Waals surface area contributed by atoms with Crippen molar-refractivity contribution in [1.29, 1.82) is 0 Å². The molecule has 0 saturated carbocycles. The lowest BCUT2D eigenvalue weighted by Gasteiger charge is -2.15. The minimum atomic E-state index is -1.09. The zero-order chi connectivity index (χ0) is 22.3. The van der Waals surface area contributed by atoms with E-state index in [1.165, 1.54) is 46.1 Å². The number of amides is 3. The Labute approximate surface area is 173 Å². The fourth-order valence-electron chi connectivity index (χ4n) is 2.50. The van der Waals surface area contributed by atoms with Crippen molar-refractivity contribution in [2.75, 3.05) is 23.1 Å². The number of carbonyl (C=O) groups excluding carboxylic acids is 4. The summed E-state index contributed by atoms with van der Waals surface area (Å²) in [6.07, 6.45) is -1.09. The predicted octanol–water partition coefficient (Wildman–Crippen LogP) is 2.80. The highest BCUT2D eigenvalue weighted by molar-refractivity contribution is 6.00. The first kappa shape index (κ1) is 22.4. The van der Waals surface area contributed by atoms with Crippen molar-refractivity contribution in [3.05, 3.63) is 48.0 Å². The van der Waals surface area contributed by atoms with Crippen LogP contribution in [0.4, 0.5) is 17.1 Å². The third-order valence-corrected chi connectivity index (χ3v) is 3.82. The molecule has 9 heteroatoms. The molecule has 9 nitrogen and oxygen atoms in total. The molecule has 1 atom stereocenters. The lowest BCUT2D eigenvalue weighted by Crippen LogP contribution is -2.30. The second kappa shape index (κ2) is 10.1. The summed E-state index contributed by atoms with van der Waals surface area (Å²) in [5.74, 6) is -1.36. The van der Waals surface area contributed by atoms with E-state index in [9.17, 15) is 19.2 Å². The van der Waals surface area contributed by atoms with E-state index >= 15 is 0 Å². The van der Waals surface area contributed by atoms with Crippen molar-refractivity contribution in [1.82, 2.24) is 0 Å². The van der Waals surface area contributed by atoms with Gasteiger partial charge in [-0.05, 0) is 49.4 Å². The molecule has 2 aromatic carbocycles. The number of nitrogens with one attached hydrogen (secondary N) is 3. The molecule has 0 spiro atoms. The van der Waals surface area contributed by atoms with E-state index in [-0.39, 0.29) is 17.4 Å². The topological polar surface area (TPSA) is 123 Å². The lowest BCUT2D eigenvalue weighted by molar-refractivity contribution is -0.123. The lowest BCUT2D eigenvalue weighted by atomic mass is 10.1. The molecule has 3 amide bonds. The van der Waals surface area contributed by atoms with Gasteiger partial charge in [-0.15, -0.1) is 0 Å². The van der Waals surface area contributed by atoms with Crippen LogP contribution in [0.1, 0.15) is 31.1 Å². The molecular weight excluding hydrogens is 390 g/mol. The van der Waals surface area contributed by atoms with E-state index in [1.54, 1.807) is 24.3 Å². The molecule has 0 heterocycles. The summed E-state index contributed by atoms with van der Waals surface area (Å²) in [6, 6.07) is 11.0. The average Bonchev–Trinajstić information content (AvgIpc) is 2.67. The van der Waals surface area contributed by atoms with Gasteiger partial charge in [0.2, 0.25) is 11.8 Å². The Kier molecular flexibility index (Phi) is 7.51. The summed E-state index contributed by atoms with van der Waals surface area (Å²) in [6.45, 7) is 4.06. The minimum Gasteiger partial charge on any atom is -0.497 e. The number of anilines is 3. The number of hydrogen-bond acceptors (Lipinski definition) is 6. The van der Waals surface area contributed by atoms with Gasteiger partial charge in [-0.1, -0.05) is 0 Å². The van der Waals surface area contributed by atoms with Crippen LogP contribution < -0.4 is 20.7 Å². The van der Waals surface area contributed by atoms with E-state index in [2.05, 4.69) is 16.0 Å². The molecular formula is C21H23N3O6. The average molecular weight is 413 g/mol. The second-order valence-electron chi connectivity index (χ2n) is 6.43. The summed E-state index contributed by atoms with van der Waals surface area (Å²) in [4.78, 5) is 47.5. The number of hydrogen-bond donors (Lipinski definition) is 3.